The average molecular weight is 286 g/mol. The number of imidazole rings is 1. The van der Waals surface area contributed by atoms with E-state index in [2.05, 4.69) is 29.0 Å². The molecule has 0 saturated carbocycles. The lowest BCUT2D eigenvalue weighted by Crippen LogP contribution is -2.28. The standard InChI is InChI=1S/C15H18N4O2/c1-4-15(5-2,20-3)14-17-13(21-18-14)11-6-7-12-16-8-9-19(12)10-11/h6-10H,4-5H2,1-3H3. The zero-order valence-electron chi connectivity index (χ0n) is 12.4. The summed E-state index contributed by atoms with van der Waals surface area (Å²) >= 11 is 0. The van der Waals surface area contributed by atoms with E-state index in [-0.39, 0.29) is 0 Å². The van der Waals surface area contributed by atoms with Gasteiger partial charge in [-0.3, -0.25) is 0 Å². The Bertz CT molecular complexity index is 735. The van der Waals surface area contributed by atoms with Crippen molar-refractivity contribution in [3.63, 3.8) is 0 Å². The summed E-state index contributed by atoms with van der Waals surface area (Å²) in [4.78, 5) is 8.73. The molecular formula is C15H18N4O2. The van der Waals surface area contributed by atoms with Gasteiger partial charge in [0.2, 0.25) is 5.82 Å². The van der Waals surface area contributed by atoms with Crippen molar-refractivity contribution in [2.45, 2.75) is 32.3 Å². The summed E-state index contributed by atoms with van der Waals surface area (Å²) in [5.74, 6) is 1.08. The lowest BCUT2D eigenvalue weighted by atomic mass is 9.96. The molecule has 0 fully saturated rings. The van der Waals surface area contributed by atoms with Crippen LogP contribution in [0.4, 0.5) is 0 Å². The van der Waals surface area contributed by atoms with Gasteiger partial charge < -0.3 is 13.7 Å². The Morgan fingerprint density at radius 3 is 2.81 bits per heavy atom. The van der Waals surface area contributed by atoms with Crippen LogP contribution in [0.1, 0.15) is 32.5 Å². The van der Waals surface area contributed by atoms with E-state index in [1.807, 2.05) is 28.9 Å². The molecule has 0 N–H and O–H groups in total. The van der Waals surface area contributed by atoms with Crippen molar-refractivity contribution in [1.29, 1.82) is 0 Å². The molecule has 0 aliphatic carbocycles. The number of hydrogen-bond donors (Lipinski definition) is 0. The molecule has 0 bridgehead atoms. The van der Waals surface area contributed by atoms with Crippen LogP contribution in [0, 0.1) is 0 Å². The predicted molar refractivity (Wildman–Crippen MR) is 77.8 cm³/mol. The van der Waals surface area contributed by atoms with Crippen LogP contribution in [0.2, 0.25) is 0 Å². The van der Waals surface area contributed by atoms with Gasteiger partial charge in [-0.2, -0.15) is 4.98 Å². The van der Waals surface area contributed by atoms with Gasteiger partial charge in [0.05, 0.1) is 5.56 Å². The predicted octanol–water partition coefficient (Wildman–Crippen LogP) is 3.05. The molecule has 3 aromatic rings. The molecule has 0 radical (unpaired) electrons. The molecule has 3 heterocycles. The summed E-state index contributed by atoms with van der Waals surface area (Å²) in [7, 11) is 1.68. The van der Waals surface area contributed by atoms with Crippen LogP contribution in [-0.4, -0.2) is 26.6 Å². The van der Waals surface area contributed by atoms with E-state index in [4.69, 9.17) is 9.26 Å². The van der Waals surface area contributed by atoms with Crippen molar-refractivity contribution in [1.82, 2.24) is 19.5 Å². The molecule has 0 saturated heterocycles. The molecule has 21 heavy (non-hydrogen) atoms. The first-order valence-electron chi connectivity index (χ1n) is 7.05. The van der Waals surface area contributed by atoms with E-state index in [1.54, 1.807) is 13.3 Å². The fourth-order valence-corrected chi connectivity index (χ4v) is 2.52. The number of pyridine rings is 1. The van der Waals surface area contributed by atoms with Gasteiger partial charge in [0.25, 0.3) is 5.89 Å². The highest BCUT2D eigenvalue weighted by molar-refractivity contribution is 5.55. The number of fused-ring (bicyclic) bond motifs is 1. The van der Waals surface area contributed by atoms with Gasteiger partial charge in [-0.15, -0.1) is 0 Å². The molecule has 0 aliphatic rings. The van der Waals surface area contributed by atoms with Crippen LogP contribution >= 0.6 is 0 Å². The number of methoxy groups -OCH3 is 1. The topological polar surface area (TPSA) is 65.5 Å². The van der Waals surface area contributed by atoms with E-state index in [0.29, 0.717) is 11.7 Å². The maximum Gasteiger partial charge on any atom is 0.259 e. The molecule has 0 aliphatic heterocycles. The summed E-state index contributed by atoms with van der Waals surface area (Å²) in [6, 6.07) is 3.84. The molecular weight excluding hydrogens is 268 g/mol. The summed E-state index contributed by atoms with van der Waals surface area (Å²) in [5, 5.41) is 4.11. The van der Waals surface area contributed by atoms with Gasteiger partial charge in [0.1, 0.15) is 11.2 Å². The second-order valence-corrected chi connectivity index (χ2v) is 4.94. The lowest BCUT2D eigenvalue weighted by Gasteiger charge is -2.25. The third-order valence-corrected chi connectivity index (χ3v) is 4.00. The highest BCUT2D eigenvalue weighted by Gasteiger charge is 2.33. The highest BCUT2D eigenvalue weighted by Crippen LogP contribution is 2.31. The first kappa shape index (κ1) is 13.8. The monoisotopic (exact) mass is 286 g/mol. The Kier molecular flexibility index (Phi) is 3.47. The Balaban J connectivity index is 2.00. The largest absolute Gasteiger partial charge is 0.370 e. The molecule has 0 atom stereocenters. The third-order valence-electron chi connectivity index (χ3n) is 4.00. The average Bonchev–Trinajstić information content (AvgIpc) is 3.18. The Labute approximate surface area is 122 Å². The zero-order chi connectivity index (χ0) is 14.9. The number of ether oxygens (including phenoxy) is 1. The minimum absolute atomic E-state index is 0.485. The summed E-state index contributed by atoms with van der Waals surface area (Å²) < 4.78 is 13.0. The van der Waals surface area contributed by atoms with Crippen molar-refractivity contribution in [3.8, 4) is 11.5 Å². The first-order chi connectivity index (χ1) is 10.2. The van der Waals surface area contributed by atoms with Crippen molar-refractivity contribution in [3.05, 3.63) is 36.5 Å². The first-order valence-corrected chi connectivity index (χ1v) is 7.05. The number of rotatable bonds is 5. The second kappa shape index (κ2) is 5.29. The molecule has 3 aromatic heterocycles. The number of nitrogens with zero attached hydrogens (tertiary/aromatic N) is 4. The van der Waals surface area contributed by atoms with Crippen molar-refractivity contribution >= 4 is 5.65 Å². The molecule has 0 spiro atoms. The van der Waals surface area contributed by atoms with Crippen molar-refractivity contribution < 1.29 is 9.26 Å². The molecule has 0 aromatic carbocycles. The van der Waals surface area contributed by atoms with Gasteiger partial charge in [-0.05, 0) is 25.0 Å². The zero-order valence-corrected chi connectivity index (χ0v) is 12.4. The number of hydrogen-bond acceptors (Lipinski definition) is 5. The van der Waals surface area contributed by atoms with Gasteiger partial charge in [-0.25, -0.2) is 4.98 Å². The van der Waals surface area contributed by atoms with Gasteiger partial charge in [-0.1, -0.05) is 19.0 Å². The maximum atomic E-state index is 5.63. The smallest absolute Gasteiger partial charge is 0.259 e. The number of aromatic nitrogens is 4. The van der Waals surface area contributed by atoms with Crippen LogP contribution in [0.5, 0.6) is 0 Å². The highest BCUT2D eigenvalue weighted by atomic mass is 16.5. The second-order valence-electron chi connectivity index (χ2n) is 4.94. The fraction of sp³-hybridized carbons (Fsp3) is 0.400. The molecule has 6 nitrogen and oxygen atoms in total. The molecule has 3 rings (SSSR count). The van der Waals surface area contributed by atoms with E-state index in [9.17, 15) is 0 Å². The van der Waals surface area contributed by atoms with E-state index in [1.165, 1.54) is 0 Å². The molecule has 0 unspecified atom stereocenters. The van der Waals surface area contributed by atoms with Crippen LogP contribution in [0.3, 0.4) is 0 Å². The molecule has 6 heteroatoms. The minimum atomic E-state index is -0.485. The Morgan fingerprint density at radius 2 is 2.10 bits per heavy atom. The van der Waals surface area contributed by atoms with Gasteiger partial charge in [0.15, 0.2) is 0 Å². The van der Waals surface area contributed by atoms with Crippen LogP contribution in [-0.2, 0) is 10.3 Å². The summed E-state index contributed by atoms with van der Waals surface area (Å²) in [6.45, 7) is 4.11. The quantitative estimate of drug-likeness (QED) is 0.721. The van der Waals surface area contributed by atoms with Crippen LogP contribution in [0.25, 0.3) is 17.1 Å². The Morgan fingerprint density at radius 1 is 1.29 bits per heavy atom. The summed E-state index contributed by atoms with van der Waals surface area (Å²) in [6.07, 6.45) is 7.14. The van der Waals surface area contributed by atoms with E-state index < -0.39 is 5.60 Å². The fourth-order valence-electron chi connectivity index (χ4n) is 2.52. The van der Waals surface area contributed by atoms with Crippen molar-refractivity contribution in [2.75, 3.05) is 7.11 Å². The van der Waals surface area contributed by atoms with Gasteiger partial charge in [0, 0.05) is 25.7 Å². The van der Waals surface area contributed by atoms with Crippen LogP contribution in [0.15, 0.2) is 35.2 Å². The Hall–Kier alpha value is -2.21. The van der Waals surface area contributed by atoms with Crippen LogP contribution < -0.4 is 0 Å². The molecule has 110 valence electrons. The van der Waals surface area contributed by atoms with Gasteiger partial charge >= 0.3 is 0 Å². The van der Waals surface area contributed by atoms with Crippen molar-refractivity contribution in [2.24, 2.45) is 0 Å². The SMILES string of the molecule is CCC(CC)(OC)c1noc(-c2ccc3nccn3c2)n1. The van der Waals surface area contributed by atoms with E-state index in [0.717, 1.165) is 24.1 Å². The lowest BCUT2D eigenvalue weighted by molar-refractivity contribution is -0.0306. The summed E-state index contributed by atoms with van der Waals surface area (Å²) in [5.41, 5.74) is 1.25. The third kappa shape index (κ3) is 2.21. The normalized spacial score (nSPS) is 12.1. The minimum Gasteiger partial charge on any atom is -0.370 e. The maximum absolute atomic E-state index is 5.63. The van der Waals surface area contributed by atoms with E-state index >= 15 is 0 Å². The molecule has 0 amide bonds.